The second-order valence-electron chi connectivity index (χ2n) is 5.69. The molecule has 0 aromatic heterocycles. The topological polar surface area (TPSA) is 58.1 Å². The van der Waals surface area contributed by atoms with Gasteiger partial charge in [0.2, 0.25) is 0 Å². The summed E-state index contributed by atoms with van der Waals surface area (Å²) in [6, 6.07) is 6.29. The Balaban J connectivity index is 2.73. The van der Waals surface area contributed by atoms with E-state index in [0.29, 0.717) is 17.5 Å². The maximum Gasteiger partial charge on any atom is 0.195 e. The van der Waals surface area contributed by atoms with Gasteiger partial charge in [0.1, 0.15) is 0 Å². The lowest BCUT2D eigenvalue weighted by molar-refractivity contribution is 0.259. The summed E-state index contributed by atoms with van der Waals surface area (Å²) in [4.78, 5) is 6.97. The lowest BCUT2D eigenvalue weighted by Gasteiger charge is -2.22. The first kappa shape index (κ1) is 20.1. The van der Waals surface area contributed by atoms with Crippen molar-refractivity contribution in [2.45, 2.75) is 33.2 Å². The van der Waals surface area contributed by atoms with E-state index in [1.54, 1.807) is 14.2 Å². The predicted octanol–water partition coefficient (Wildman–Crippen LogP) is 2.81. The molecule has 2 N–H and O–H groups in total. The van der Waals surface area contributed by atoms with E-state index in [1.165, 1.54) is 0 Å². The standard InChI is InChI=1S/C18H32N4O2/c1-7-14(3)22(4)12-11-20-18(19-8-2)21-15-9-10-16(23-5)17(13-15)24-6/h9-10,13-14H,7-8,11-12H2,1-6H3,(H2,19,20,21). The van der Waals surface area contributed by atoms with Crippen molar-refractivity contribution in [3.8, 4) is 11.5 Å². The van der Waals surface area contributed by atoms with Gasteiger partial charge in [-0.1, -0.05) is 6.92 Å². The predicted molar refractivity (Wildman–Crippen MR) is 102 cm³/mol. The van der Waals surface area contributed by atoms with Crippen LogP contribution >= 0.6 is 0 Å². The quantitative estimate of drug-likeness (QED) is 0.536. The zero-order valence-corrected chi connectivity index (χ0v) is 15.8. The number of hydrogen-bond acceptors (Lipinski definition) is 4. The van der Waals surface area contributed by atoms with Gasteiger partial charge in [-0.15, -0.1) is 0 Å². The van der Waals surface area contributed by atoms with E-state index in [1.807, 2.05) is 18.2 Å². The van der Waals surface area contributed by atoms with Crippen molar-refractivity contribution in [1.82, 2.24) is 10.2 Å². The molecular weight excluding hydrogens is 304 g/mol. The fraction of sp³-hybridized carbons (Fsp3) is 0.611. The first-order valence-electron chi connectivity index (χ1n) is 8.53. The van der Waals surface area contributed by atoms with Crippen molar-refractivity contribution >= 4 is 11.6 Å². The van der Waals surface area contributed by atoms with Crippen LogP contribution < -0.4 is 20.1 Å². The number of guanidine groups is 1. The molecule has 0 aliphatic carbocycles. The Bertz CT molecular complexity index is 520. The van der Waals surface area contributed by atoms with Gasteiger partial charge < -0.3 is 25.0 Å². The van der Waals surface area contributed by atoms with Crippen LogP contribution in [0.3, 0.4) is 0 Å². The van der Waals surface area contributed by atoms with Crippen molar-refractivity contribution in [3.63, 3.8) is 0 Å². The molecule has 0 fully saturated rings. The summed E-state index contributed by atoms with van der Waals surface area (Å²) < 4.78 is 10.6. The summed E-state index contributed by atoms with van der Waals surface area (Å²) in [5, 5.41) is 6.57. The third kappa shape index (κ3) is 6.28. The minimum Gasteiger partial charge on any atom is -0.493 e. The van der Waals surface area contributed by atoms with Gasteiger partial charge in [-0.2, -0.15) is 0 Å². The first-order chi connectivity index (χ1) is 11.5. The summed E-state index contributed by atoms with van der Waals surface area (Å²) in [6.45, 7) is 8.96. The van der Waals surface area contributed by atoms with Gasteiger partial charge in [0.05, 0.1) is 20.8 Å². The third-order valence-electron chi connectivity index (χ3n) is 4.06. The largest absolute Gasteiger partial charge is 0.493 e. The fourth-order valence-electron chi connectivity index (χ4n) is 2.21. The molecular formula is C18H32N4O2. The smallest absolute Gasteiger partial charge is 0.195 e. The zero-order chi connectivity index (χ0) is 17.9. The second-order valence-corrected chi connectivity index (χ2v) is 5.69. The summed E-state index contributed by atoms with van der Waals surface area (Å²) in [5.41, 5.74) is 0.905. The Morgan fingerprint density at radius 3 is 2.50 bits per heavy atom. The number of aliphatic imine (C=N–C) groups is 1. The van der Waals surface area contributed by atoms with Crippen molar-refractivity contribution in [1.29, 1.82) is 0 Å². The number of rotatable bonds is 9. The van der Waals surface area contributed by atoms with E-state index in [0.717, 1.165) is 37.7 Å². The molecule has 1 unspecified atom stereocenters. The highest BCUT2D eigenvalue weighted by molar-refractivity contribution is 5.93. The van der Waals surface area contributed by atoms with Gasteiger partial charge >= 0.3 is 0 Å². The molecule has 0 spiro atoms. The summed E-state index contributed by atoms with van der Waals surface area (Å²) in [6.07, 6.45) is 1.14. The molecule has 136 valence electrons. The normalized spacial score (nSPS) is 12.9. The number of methoxy groups -OCH3 is 2. The molecule has 0 saturated heterocycles. The zero-order valence-electron chi connectivity index (χ0n) is 15.8. The lowest BCUT2D eigenvalue weighted by atomic mass is 10.2. The fourth-order valence-corrected chi connectivity index (χ4v) is 2.21. The highest BCUT2D eigenvalue weighted by atomic mass is 16.5. The van der Waals surface area contributed by atoms with Gasteiger partial charge in [0.15, 0.2) is 17.5 Å². The van der Waals surface area contributed by atoms with Crippen LogP contribution in [0.4, 0.5) is 5.69 Å². The van der Waals surface area contributed by atoms with E-state index in [-0.39, 0.29) is 0 Å². The van der Waals surface area contributed by atoms with Crippen molar-refractivity contribution in [2.24, 2.45) is 4.99 Å². The van der Waals surface area contributed by atoms with Crippen LogP contribution in [0.2, 0.25) is 0 Å². The van der Waals surface area contributed by atoms with Crippen LogP contribution in [0.15, 0.2) is 23.2 Å². The number of anilines is 1. The van der Waals surface area contributed by atoms with Crippen LogP contribution in [-0.2, 0) is 0 Å². The SMILES string of the molecule is CCNC(=NCCN(C)C(C)CC)Nc1ccc(OC)c(OC)c1. The molecule has 24 heavy (non-hydrogen) atoms. The van der Waals surface area contributed by atoms with Crippen LogP contribution in [-0.4, -0.2) is 57.8 Å². The van der Waals surface area contributed by atoms with E-state index in [2.05, 4.69) is 48.3 Å². The Morgan fingerprint density at radius 2 is 1.92 bits per heavy atom. The van der Waals surface area contributed by atoms with Crippen molar-refractivity contribution in [3.05, 3.63) is 18.2 Å². The van der Waals surface area contributed by atoms with E-state index in [4.69, 9.17) is 9.47 Å². The number of ether oxygens (including phenoxy) is 2. The number of nitrogens with zero attached hydrogens (tertiary/aromatic N) is 2. The molecule has 0 heterocycles. The van der Waals surface area contributed by atoms with Crippen molar-refractivity contribution in [2.75, 3.05) is 46.2 Å². The number of nitrogens with one attached hydrogen (secondary N) is 2. The number of benzene rings is 1. The summed E-state index contributed by atoms with van der Waals surface area (Å²) in [7, 11) is 5.40. The molecule has 0 radical (unpaired) electrons. The molecule has 1 aromatic rings. The van der Waals surface area contributed by atoms with E-state index < -0.39 is 0 Å². The van der Waals surface area contributed by atoms with Gasteiger partial charge in [0.25, 0.3) is 0 Å². The summed E-state index contributed by atoms with van der Waals surface area (Å²) in [5.74, 6) is 2.16. The monoisotopic (exact) mass is 336 g/mol. The number of hydrogen-bond donors (Lipinski definition) is 2. The molecule has 0 amide bonds. The Hall–Kier alpha value is -1.95. The molecule has 6 nitrogen and oxygen atoms in total. The average Bonchev–Trinajstić information content (AvgIpc) is 2.60. The highest BCUT2D eigenvalue weighted by Crippen LogP contribution is 2.29. The summed E-state index contributed by atoms with van der Waals surface area (Å²) >= 11 is 0. The lowest BCUT2D eigenvalue weighted by Crippen LogP contribution is -2.33. The third-order valence-corrected chi connectivity index (χ3v) is 4.06. The van der Waals surface area contributed by atoms with Gasteiger partial charge in [-0.05, 0) is 39.4 Å². The van der Waals surface area contributed by atoms with E-state index >= 15 is 0 Å². The van der Waals surface area contributed by atoms with Gasteiger partial charge in [0, 0.05) is 30.9 Å². The molecule has 0 bridgehead atoms. The Labute approximate surface area is 146 Å². The van der Waals surface area contributed by atoms with E-state index in [9.17, 15) is 0 Å². The second kappa shape index (κ2) is 10.8. The molecule has 1 rings (SSSR count). The molecule has 1 aromatic carbocycles. The van der Waals surface area contributed by atoms with Gasteiger partial charge in [-0.25, -0.2) is 0 Å². The highest BCUT2D eigenvalue weighted by Gasteiger charge is 2.08. The minimum atomic E-state index is 0.571. The maximum absolute atomic E-state index is 5.34. The van der Waals surface area contributed by atoms with Gasteiger partial charge in [-0.3, -0.25) is 4.99 Å². The van der Waals surface area contributed by atoms with Crippen molar-refractivity contribution < 1.29 is 9.47 Å². The molecule has 1 atom stereocenters. The maximum atomic E-state index is 5.34. The van der Waals surface area contributed by atoms with Crippen LogP contribution in [0, 0.1) is 0 Å². The molecule has 6 heteroatoms. The molecule has 0 aliphatic rings. The average molecular weight is 336 g/mol. The number of likely N-dealkylation sites (N-methyl/N-ethyl adjacent to an activating group) is 1. The Morgan fingerprint density at radius 1 is 1.21 bits per heavy atom. The Kier molecular flexibility index (Phi) is 9.01. The molecule has 0 saturated carbocycles. The van der Waals surface area contributed by atoms with Crippen LogP contribution in [0.25, 0.3) is 0 Å². The first-order valence-corrected chi connectivity index (χ1v) is 8.53. The minimum absolute atomic E-state index is 0.571. The van der Waals surface area contributed by atoms with Crippen LogP contribution in [0.5, 0.6) is 11.5 Å². The van der Waals surface area contributed by atoms with Crippen LogP contribution in [0.1, 0.15) is 27.2 Å². The molecule has 0 aliphatic heterocycles.